The van der Waals surface area contributed by atoms with Gasteiger partial charge in [0.2, 0.25) is 5.91 Å². The van der Waals surface area contributed by atoms with Gasteiger partial charge in [0.05, 0.1) is 11.6 Å². The van der Waals surface area contributed by atoms with Gasteiger partial charge in [0.25, 0.3) is 5.91 Å². The van der Waals surface area contributed by atoms with Crippen LogP contribution >= 0.6 is 0 Å². The smallest absolute Gasteiger partial charge is 0.256 e. The van der Waals surface area contributed by atoms with Crippen molar-refractivity contribution in [1.29, 1.82) is 0 Å². The largest absolute Gasteiger partial charge is 0.349 e. The summed E-state index contributed by atoms with van der Waals surface area (Å²) in [6.45, 7) is 11.4. The first-order chi connectivity index (χ1) is 15.5. The number of piperidine rings is 1. The van der Waals surface area contributed by atoms with Crippen LogP contribution in [0.2, 0.25) is 0 Å². The fraction of sp³-hybridized carbons (Fsp3) is 0.481. The molecular formula is C27H34F2N2O2. The zero-order valence-electron chi connectivity index (χ0n) is 20.1. The molecular weight excluding hydrogens is 422 g/mol. The predicted octanol–water partition coefficient (Wildman–Crippen LogP) is 5.63. The van der Waals surface area contributed by atoms with Gasteiger partial charge in [-0.2, -0.15) is 0 Å². The molecule has 2 aromatic carbocycles. The highest BCUT2D eigenvalue weighted by atomic mass is 19.1. The molecule has 4 nitrogen and oxygen atoms in total. The van der Waals surface area contributed by atoms with E-state index in [0.717, 1.165) is 11.6 Å². The molecule has 1 saturated heterocycles. The maximum atomic E-state index is 14.0. The minimum Gasteiger partial charge on any atom is -0.349 e. The van der Waals surface area contributed by atoms with Crippen LogP contribution in [0.25, 0.3) is 0 Å². The van der Waals surface area contributed by atoms with E-state index >= 15 is 0 Å². The average molecular weight is 457 g/mol. The van der Waals surface area contributed by atoms with Crippen LogP contribution in [0.4, 0.5) is 8.78 Å². The van der Waals surface area contributed by atoms with E-state index in [1.807, 2.05) is 0 Å². The lowest BCUT2D eigenvalue weighted by Crippen LogP contribution is -2.44. The lowest BCUT2D eigenvalue weighted by atomic mass is 9.85. The lowest BCUT2D eigenvalue weighted by Gasteiger charge is -2.33. The number of nitrogens with one attached hydrogen (secondary N) is 1. The molecule has 0 aromatic heterocycles. The number of carbonyl (C=O) groups excluding carboxylic acids is 2. The third-order valence-electron chi connectivity index (χ3n) is 6.41. The van der Waals surface area contributed by atoms with Crippen LogP contribution in [0.1, 0.15) is 75.0 Å². The standard InChI is InChI=1S/C27H34F2N2O2/c1-17(2)24(18-6-8-20(9-7-18)27(3,4)5)30-25(32)19-12-14-31(15-13-19)26(33)22-11-10-21(28)16-23(22)29/h6-11,16-17,19,24H,12-15H2,1-5H3,(H,30,32). The minimum atomic E-state index is -0.864. The average Bonchev–Trinajstić information content (AvgIpc) is 2.76. The van der Waals surface area contributed by atoms with Crippen LogP contribution in [0.5, 0.6) is 0 Å². The van der Waals surface area contributed by atoms with Crippen LogP contribution in [0.3, 0.4) is 0 Å². The van der Waals surface area contributed by atoms with Crippen molar-refractivity contribution in [1.82, 2.24) is 10.2 Å². The zero-order chi connectivity index (χ0) is 24.3. The van der Waals surface area contributed by atoms with Crippen LogP contribution in [-0.2, 0) is 10.2 Å². The Kier molecular flexibility index (Phi) is 7.55. The number of hydrogen-bond acceptors (Lipinski definition) is 2. The SMILES string of the molecule is CC(C)C(NC(=O)C1CCN(C(=O)c2ccc(F)cc2F)CC1)c1ccc(C(C)(C)C)cc1. The molecule has 1 aliphatic heterocycles. The second-order valence-electron chi connectivity index (χ2n) is 10.3. The molecule has 1 N–H and O–H groups in total. The molecule has 2 amide bonds. The van der Waals surface area contributed by atoms with E-state index in [1.54, 1.807) is 0 Å². The van der Waals surface area contributed by atoms with E-state index in [0.29, 0.717) is 32.0 Å². The molecule has 1 atom stereocenters. The highest BCUT2D eigenvalue weighted by Gasteiger charge is 2.30. The summed E-state index contributed by atoms with van der Waals surface area (Å²) < 4.78 is 27.1. The molecule has 178 valence electrons. The van der Waals surface area contributed by atoms with E-state index in [-0.39, 0.29) is 34.8 Å². The molecule has 1 heterocycles. The number of amides is 2. The van der Waals surface area contributed by atoms with E-state index < -0.39 is 17.5 Å². The van der Waals surface area contributed by atoms with Gasteiger partial charge < -0.3 is 10.2 Å². The van der Waals surface area contributed by atoms with Crippen molar-refractivity contribution in [2.24, 2.45) is 11.8 Å². The third-order valence-corrected chi connectivity index (χ3v) is 6.41. The van der Waals surface area contributed by atoms with Crippen molar-refractivity contribution in [2.45, 2.75) is 58.9 Å². The summed E-state index contributed by atoms with van der Waals surface area (Å²) >= 11 is 0. The van der Waals surface area contributed by atoms with Crippen LogP contribution in [0.15, 0.2) is 42.5 Å². The van der Waals surface area contributed by atoms with Crippen molar-refractivity contribution >= 4 is 11.8 Å². The molecule has 1 fully saturated rings. The molecule has 0 bridgehead atoms. The predicted molar refractivity (Wildman–Crippen MR) is 126 cm³/mol. The van der Waals surface area contributed by atoms with Crippen LogP contribution in [0, 0.1) is 23.5 Å². The molecule has 0 saturated carbocycles. The maximum Gasteiger partial charge on any atom is 0.256 e. The van der Waals surface area contributed by atoms with Crippen LogP contribution < -0.4 is 5.32 Å². The number of rotatable bonds is 5. The van der Waals surface area contributed by atoms with E-state index in [2.05, 4.69) is 64.2 Å². The Balaban J connectivity index is 1.61. The summed E-state index contributed by atoms with van der Waals surface area (Å²) in [6.07, 6.45) is 1.02. The van der Waals surface area contributed by atoms with Gasteiger partial charge in [-0.05, 0) is 47.4 Å². The third kappa shape index (κ3) is 5.98. The topological polar surface area (TPSA) is 49.4 Å². The maximum absolute atomic E-state index is 14.0. The highest BCUT2D eigenvalue weighted by molar-refractivity contribution is 5.94. The van der Waals surface area contributed by atoms with Gasteiger partial charge >= 0.3 is 0 Å². The first-order valence-electron chi connectivity index (χ1n) is 11.6. The van der Waals surface area contributed by atoms with Gasteiger partial charge in [0, 0.05) is 25.1 Å². The first kappa shape index (κ1) is 24.9. The molecule has 0 aliphatic carbocycles. The summed E-state index contributed by atoms with van der Waals surface area (Å²) in [5.41, 5.74) is 2.25. The van der Waals surface area contributed by atoms with Gasteiger partial charge in [-0.15, -0.1) is 0 Å². The van der Waals surface area contributed by atoms with E-state index in [9.17, 15) is 18.4 Å². The second kappa shape index (κ2) is 10.0. The number of halogens is 2. The Hall–Kier alpha value is -2.76. The van der Waals surface area contributed by atoms with Crippen molar-refractivity contribution in [3.05, 3.63) is 70.8 Å². The molecule has 0 radical (unpaired) electrons. The lowest BCUT2D eigenvalue weighted by molar-refractivity contribution is -0.127. The zero-order valence-corrected chi connectivity index (χ0v) is 20.1. The monoisotopic (exact) mass is 456 g/mol. The molecule has 33 heavy (non-hydrogen) atoms. The summed E-state index contributed by atoms with van der Waals surface area (Å²) in [6, 6.07) is 11.3. The number of likely N-dealkylation sites (tertiary alicyclic amines) is 1. The van der Waals surface area contributed by atoms with Crippen molar-refractivity contribution in [3.63, 3.8) is 0 Å². The molecule has 1 unspecified atom stereocenters. The van der Waals surface area contributed by atoms with Gasteiger partial charge in [-0.1, -0.05) is 58.9 Å². The van der Waals surface area contributed by atoms with Gasteiger partial charge in [-0.3, -0.25) is 9.59 Å². The minimum absolute atomic E-state index is 0.0198. The van der Waals surface area contributed by atoms with E-state index in [1.165, 1.54) is 16.5 Å². The quantitative estimate of drug-likeness (QED) is 0.634. The van der Waals surface area contributed by atoms with E-state index in [4.69, 9.17) is 0 Å². The Labute approximate surface area is 195 Å². The molecule has 2 aromatic rings. The Bertz CT molecular complexity index is 988. The number of carbonyl (C=O) groups is 2. The summed E-state index contributed by atoms with van der Waals surface area (Å²) in [5, 5.41) is 3.21. The molecule has 0 spiro atoms. The van der Waals surface area contributed by atoms with Gasteiger partial charge in [-0.25, -0.2) is 8.78 Å². The second-order valence-corrected chi connectivity index (χ2v) is 10.3. The molecule has 1 aliphatic rings. The fourth-order valence-electron chi connectivity index (χ4n) is 4.27. The Morgan fingerprint density at radius 1 is 1.00 bits per heavy atom. The van der Waals surface area contributed by atoms with Gasteiger partial charge in [0.15, 0.2) is 0 Å². The summed E-state index contributed by atoms with van der Waals surface area (Å²) in [5.74, 6) is -2.05. The van der Waals surface area contributed by atoms with Crippen LogP contribution in [-0.4, -0.2) is 29.8 Å². The van der Waals surface area contributed by atoms with Crippen molar-refractivity contribution in [3.8, 4) is 0 Å². The number of nitrogens with zero attached hydrogens (tertiary/aromatic N) is 1. The fourth-order valence-corrected chi connectivity index (χ4v) is 4.27. The first-order valence-corrected chi connectivity index (χ1v) is 11.6. The number of benzene rings is 2. The summed E-state index contributed by atoms with van der Waals surface area (Å²) in [7, 11) is 0. The van der Waals surface area contributed by atoms with Gasteiger partial charge in [0.1, 0.15) is 11.6 Å². The summed E-state index contributed by atoms with van der Waals surface area (Å²) in [4.78, 5) is 27.2. The van der Waals surface area contributed by atoms with Crippen molar-refractivity contribution < 1.29 is 18.4 Å². The Morgan fingerprint density at radius 3 is 2.12 bits per heavy atom. The highest BCUT2D eigenvalue weighted by Crippen LogP contribution is 2.28. The molecule has 3 rings (SSSR count). The Morgan fingerprint density at radius 2 is 1.61 bits per heavy atom. The molecule has 6 heteroatoms. The van der Waals surface area contributed by atoms with Crippen molar-refractivity contribution in [2.75, 3.05) is 13.1 Å². The number of hydrogen-bond donors (Lipinski definition) is 1. The normalized spacial score (nSPS) is 16.1.